The van der Waals surface area contributed by atoms with Crippen molar-refractivity contribution in [3.63, 3.8) is 0 Å². The smallest absolute Gasteiger partial charge is 0.433 e. The average molecular weight is 446 g/mol. The van der Waals surface area contributed by atoms with Gasteiger partial charge in [0, 0.05) is 23.6 Å². The van der Waals surface area contributed by atoms with Crippen LogP contribution in [0.1, 0.15) is 18.2 Å². The summed E-state index contributed by atoms with van der Waals surface area (Å²) in [6.45, 7) is -0.519. The van der Waals surface area contributed by atoms with Crippen LogP contribution in [-0.2, 0) is 4.79 Å². The summed E-state index contributed by atoms with van der Waals surface area (Å²) < 4.78 is 41.6. The normalized spacial score (nSPS) is 21.7. The molecule has 1 saturated heterocycles. The topological polar surface area (TPSA) is 77.7 Å². The van der Waals surface area contributed by atoms with Gasteiger partial charge in [0.1, 0.15) is 0 Å². The van der Waals surface area contributed by atoms with Crippen LogP contribution in [0.5, 0.6) is 11.5 Å². The zero-order valence-electron chi connectivity index (χ0n) is 15.8. The van der Waals surface area contributed by atoms with Gasteiger partial charge in [0.25, 0.3) is 0 Å². The SMILES string of the molecule is O=C1CC(c2nc(-c3ccc4c(c3)OCC(F)(F)O4)no2)CN1C1=C=CC=C(Cl)C=C1. The van der Waals surface area contributed by atoms with Crippen LogP contribution in [0.4, 0.5) is 8.78 Å². The summed E-state index contributed by atoms with van der Waals surface area (Å²) in [4.78, 5) is 18.5. The molecule has 0 saturated carbocycles. The number of amides is 1. The molecule has 0 bridgehead atoms. The van der Waals surface area contributed by atoms with Gasteiger partial charge >= 0.3 is 6.11 Å². The first-order valence-electron chi connectivity index (χ1n) is 9.36. The predicted octanol–water partition coefficient (Wildman–Crippen LogP) is 4.15. The lowest BCUT2D eigenvalue weighted by atomic mass is 10.1. The number of aromatic nitrogens is 2. The number of ether oxygens (including phenoxy) is 2. The second-order valence-corrected chi connectivity index (χ2v) is 7.57. The fraction of sp³-hybridized carbons (Fsp3) is 0.238. The highest BCUT2D eigenvalue weighted by atomic mass is 35.5. The number of fused-ring (bicyclic) bond motifs is 1. The Labute approximate surface area is 179 Å². The van der Waals surface area contributed by atoms with E-state index in [-0.39, 0.29) is 35.6 Å². The zero-order chi connectivity index (χ0) is 21.6. The van der Waals surface area contributed by atoms with E-state index in [1.54, 1.807) is 29.2 Å². The Bertz CT molecular complexity index is 1200. The number of alkyl halides is 2. The minimum atomic E-state index is -3.37. The third-order valence-corrected chi connectivity index (χ3v) is 5.19. The van der Waals surface area contributed by atoms with Gasteiger partial charge in [-0.1, -0.05) is 22.5 Å². The minimum absolute atomic E-state index is 0.0619. The van der Waals surface area contributed by atoms with Crippen LogP contribution in [0.2, 0.25) is 0 Å². The summed E-state index contributed by atoms with van der Waals surface area (Å²) >= 11 is 5.97. The quantitative estimate of drug-likeness (QED) is 0.660. The number of allylic oxidation sites excluding steroid dienone is 4. The van der Waals surface area contributed by atoms with Crippen LogP contribution in [-0.4, -0.2) is 40.2 Å². The lowest BCUT2D eigenvalue weighted by molar-refractivity contribution is -0.208. The van der Waals surface area contributed by atoms with Gasteiger partial charge in [-0.3, -0.25) is 4.79 Å². The largest absolute Gasteiger partial charge is 0.479 e. The van der Waals surface area contributed by atoms with E-state index >= 15 is 0 Å². The summed E-state index contributed by atoms with van der Waals surface area (Å²) in [7, 11) is 0. The molecule has 0 N–H and O–H groups in total. The van der Waals surface area contributed by atoms with Crippen molar-refractivity contribution in [1.82, 2.24) is 15.0 Å². The predicted molar refractivity (Wildman–Crippen MR) is 105 cm³/mol. The number of hydrogen-bond donors (Lipinski definition) is 0. The molecule has 1 amide bonds. The number of benzene rings is 1. The van der Waals surface area contributed by atoms with E-state index in [1.165, 1.54) is 18.2 Å². The van der Waals surface area contributed by atoms with Crippen molar-refractivity contribution in [2.24, 2.45) is 0 Å². The van der Waals surface area contributed by atoms with E-state index < -0.39 is 12.7 Å². The highest BCUT2D eigenvalue weighted by Gasteiger charge is 2.39. The van der Waals surface area contributed by atoms with E-state index in [2.05, 4.69) is 20.6 Å². The number of hydrogen-bond acceptors (Lipinski definition) is 6. The van der Waals surface area contributed by atoms with Gasteiger partial charge in [-0.2, -0.15) is 13.8 Å². The summed E-state index contributed by atoms with van der Waals surface area (Å²) in [5.74, 6) is 0.290. The first-order valence-corrected chi connectivity index (χ1v) is 9.74. The van der Waals surface area contributed by atoms with Crippen LogP contribution in [0.25, 0.3) is 11.4 Å². The lowest BCUT2D eigenvalue weighted by Gasteiger charge is -2.25. The number of nitrogens with zero attached hydrogens (tertiary/aromatic N) is 3. The molecule has 5 rings (SSSR count). The molecule has 0 spiro atoms. The average Bonchev–Trinajstić information content (AvgIpc) is 3.31. The van der Waals surface area contributed by atoms with E-state index in [4.69, 9.17) is 20.9 Å². The molecule has 1 unspecified atom stereocenters. The van der Waals surface area contributed by atoms with Crippen LogP contribution in [0.3, 0.4) is 0 Å². The zero-order valence-corrected chi connectivity index (χ0v) is 16.6. The van der Waals surface area contributed by atoms with Crippen LogP contribution >= 0.6 is 11.6 Å². The second kappa shape index (κ2) is 7.37. The van der Waals surface area contributed by atoms with Crippen LogP contribution < -0.4 is 9.47 Å². The van der Waals surface area contributed by atoms with E-state index in [1.807, 2.05) is 0 Å². The number of carbonyl (C=O) groups is 1. The van der Waals surface area contributed by atoms with Crippen LogP contribution in [0.15, 0.2) is 63.5 Å². The Morgan fingerprint density at radius 1 is 1.26 bits per heavy atom. The molecule has 1 fully saturated rings. The minimum Gasteiger partial charge on any atom is -0.479 e. The van der Waals surface area contributed by atoms with Crippen molar-refractivity contribution >= 4 is 17.5 Å². The summed E-state index contributed by atoms with van der Waals surface area (Å²) in [5, 5.41) is 4.50. The Morgan fingerprint density at radius 3 is 3.00 bits per heavy atom. The number of rotatable bonds is 3. The highest BCUT2D eigenvalue weighted by Crippen LogP contribution is 2.39. The van der Waals surface area contributed by atoms with E-state index in [0.717, 1.165) is 0 Å². The Morgan fingerprint density at radius 2 is 2.13 bits per heavy atom. The third-order valence-electron chi connectivity index (χ3n) is 4.94. The van der Waals surface area contributed by atoms with Crippen molar-refractivity contribution in [3.05, 3.63) is 64.9 Å². The van der Waals surface area contributed by atoms with Gasteiger partial charge in [0.05, 0.1) is 11.6 Å². The Hall–Kier alpha value is -3.42. The molecular formula is C21H14ClF2N3O4. The van der Waals surface area contributed by atoms with Gasteiger partial charge in [-0.15, -0.1) is 0 Å². The maximum atomic E-state index is 13.3. The summed E-state index contributed by atoms with van der Waals surface area (Å²) in [6, 6.07) is 4.41. The molecule has 1 aromatic heterocycles. The summed E-state index contributed by atoms with van der Waals surface area (Å²) in [6.07, 6.45) is 3.59. The molecule has 2 aromatic rings. The van der Waals surface area contributed by atoms with Gasteiger partial charge in [-0.25, -0.2) is 0 Å². The molecule has 1 atom stereocenters. The molecule has 1 aromatic carbocycles. The lowest BCUT2D eigenvalue weighted by Crippen LogP contribution is -2.35. The fourth-order valence-corrected chi connectivity index (χ4v) is 3.58. The Kier molecular flexibility index (Phi) is 4.64. The molecule has 3 aliphatic rings. The summed E-state index contributed by atoms with van der Waals surface area (Å²) in [5.41, 5.74) is 4.14. The van der Waals surface area contributed by atoms with Crippen molar-refractivity contribution in [2.45, 2.75) is 18.4 Å². The van der Waals surface area contributed by atoms with Gasteiger partial charge in [0.15, 0.2) is 18.1 Å². The second-order valence-electron chi connectivity index (χ2n) is 7.13. The van der Waals surface area contributed by atoms with Crippen LogP contribution in [0, 0.1) is 0 Å². The molecule has 0 radical (unpaired) electrons. The highest BCUT2D eigenvalue weighted by molar-refractivity contribution is 6.31. The first kappa shape index (κ1) is 19.5. The molecule has 3 heterocycles. The van der Waals surface area contributed by atoms with Gasteiger partial charge in [0.2, 0.25) is 17.6 Å². The number of carbonyl (C=O) groups excluding carboxylic acids is 1. The van der Waals surface area contributed by atoms with Crippen molar-refractivity contribution < 1.29 is 27.6 Å². The van der Waals surface area contributed by atoms with Crippen molar-refractivity contribution in [1.29, 1.82) is 0 Å². The van der Waals surface area contributed by atoms with Gasteiger partial charge < -0.3 is 18.9 Å². The maximum Gasteiger partial charge on any atom is 0.433 e. The van der Waals surface area contributed by atoms with Crippen molar-refractivity contribution in [2.75, 3.05) is 13.2 Å². The standard InChI is InChI=1S/C21H14ClF2N3O4/c22-14-2-1-3-15(6-5-14)27-10-13(9-18(27)28)20-25-19(26-31-20)12-4-7-16-17(8-12)29-11-21(23,24)30-16/h1-2,4-8,13H,9-11H2. The van der Waals surface area contributed by atoms with E-state index in [9.17, 15) is 13.6 Å². The van der Waals surface area contributed by atoms with E-state index in [0.29, 0.717) is 28.7 Å². The molecule has 1 aliphatic carbocycles. The fourth-order valence-electron chi connectivity index (χ4n) is 3.46. The molecule has 158 valence electrons. The maximum absolute atomic E-state index is 13.3. The molecule has 2 aliphatic heterocycles. The molecule has 7 nitrogen and oxygen atoms in total. The molecule has 10 heteroatoms. The number of likely N-dealkylation sites (tertiary alicyclic amines) is 1. The first-order chi connectivity index (χ1) is 14.9. The monoisotopic (exact) mass is 445 g/mol. The third kappa shape index (κ3) is 3.85. The molecular weight excluding hydrogens is 432 g/mol. The van der Waals surface area contributed by atoms with Crippen molar-refractivity contribution in [3.8, 4) is 22.9 Å². The molecule has 31 heavy (non-hydrogen) atoms. The van der Waals surface area contributed by atoms with Gasteiger partial charge in [-0.05, 0) is 42.5 Å². The number of halogens is 3. The Balaban J connectivity index is 1.34.